The number of hydrogen-bond donors (Lipinski definition) is 0. The quantitative estimate of drug-likeness (QED) is 0.769. The molecule has 1 aromatic rings. The maximum absolute atomic E-state index is 13.2. The van der Waals surface area contributed by atoms with Gasteiger partial charge < -0.3 is 14.5 Å². The van der Waals surface area contributed by atoms with Crippen molar-refractivity contribution in [2.75, 3.05) is 19.7 Å². The lowest BCUT2D eigenvalue weighted by molar-refractivity contribution is -0.189. The maximum Gasteiger partial charge on any atom is 0.471 e. The van der Waals surface area contributed by atoms with Gasteiger partial charge in [-0.25, -0.2) is 0 Å². The van der Waals surface area contributed by atoms with E-state index in [4.69, 9.17) is 4.74 Å². The van der Waals surface area contributed by atoms with Crippen molar-refractivity contribution in [2.45, 2.75) is 57.5 Å². The number of benzene rings is 1. The molecule has 0 aliphatic carbocycles. The van der Waals surface area contributed by atoms with Gasteiger partial charge in [-0.3, -0.25) is 9.59 Å². The van der Waals surface area contributed by atoms with Gasteiger partial charge in [0, 0.05) is 6.54 Å². The maximum atomic E-state index is 13.2. The number of rotatable bonds is 2. The van der Waals surface area contributed by atoms with Crippen LogP contribution in [0.5, 0.6) is 0 Å². The minimum atomic E-state index is -4.98. The number of carbonyl (C=O) groups is 2. The highest BCUT2D eigenvalue weighted by Gasteiger charge is 2.50. The lowest BCUT2D eigenvalue weighted by atomic mass is 9.96. The van der Waals surface area contributed by atoms with E-state index in [9.17, 15) is 22.8 Å². The molecule has 2 atom stereocenters. The molecule has 0 bridgehead atoms. The summed E-state index contributed by atoms with van der Waals surface area (Å²) in [5, 5.41) is 0. The molecular weight excluding hydrogens is 373 g/mol. The molecule has 8 heteroatoms. The van der Waals surface area contributed by atoms with E-state index in [2.05, 4.69) is 0 Å². The van der Waals surface area contributed by atoms with Gasteiger partial charge in [0.25, 0.3) is 0 Å². The topological polar surface area (TPSA) is 49.9 Å². The first-order valence-electron chi connectivity index (χ1n) is 9.38. The normalized spacial score (nSPS) is 25.1. The summed E-state index contributed by atoms with van der Waals surface area (Å²) in [5.41, 5.74) is 1.34. The Balaban J connectivity index is 1.81. The highest BCUT2D eigenvalue weighted by molar-refractivity contribution is 5.90. The number of ether oxygens (including phenoxy) is 1. The Morgan fingerprint density at radius 1 is 1.18 bits per heavy atom. The molecule has 2 amide bonds. The van der Waals surface area contributed by atoms with Crippen molar-refractivity contribution in [3.8, 4) is 0 Å². The van der Waals surface area contributed by atoms with Crippen molar-refractivity contribution in [3.05, 3.63) is 35.4 Å². The third-order valence-corrected chi connectivity index (χ3v) is 5.47. The molecule has 2 saturated heterocycles. The summed E-state index contributed by atoms with van der Waals surface area (Å²) < 4.78 is 44.7. The first kappa shape index (κ1) is 20.6. The number of carbonyl (C=O) groups excluding carboxylic acids is 2. The number of alkyl halides is 3. The molecule has 1 aromatic carbocycles. The first-order chi connectivity index (χ1) is 13.0. The fraction of sp³-hybridized carbons (Fsp3) is 0.600. The van der Waals surface area contributed by atoms with Crippen molar-refractivity contribution in [1.29, 1.82) is 0 Å². The molecule has 28 heavy (non-hydrogen) atoms. The van der Waals surface area contributed by atoms with E-state index in [0.717, 1.165) is 11.1 Å². The number of nitrogens with zero attached hydrogens (tertiary/aromatic N) is 2. The van der Waals surface area contributed by atoms with E-state index < -0.39 is 29.6 Å². The molecule has 2 aliphatic heterocycles. The first-order valence-corrected chi connectivity index (χ1v) is 9.38. The average Bonchev–Trinajstić information content (AvgIpc) is 3.10. The van der Waals surface area contributed by atoms with Crippen LogP contribution in [0.3, 0.4) is 0 Å². The third kappa shape index (κ3) is 4.01. The van der Waals surface area contributed by atoms with Crippen LogP contribution in [0.1, 0.15) is 43.9 Å². The molecule has 0 saturated carbocycles. The molecule has 2 unspecified atom stereocenters. The SMILES string of the molecule is Cc1ccc(C2CN(C(=O)C3CCCN3C(=O)C(F)(F)F)C(C)(C)CO2)cc1. The molecule has 0 radical (unpaired) electrons. The number of halogens is 3. The Labute approximate surface area is 162 Å². The van der Waals surface area contributed by atoms with Crippen LogP contribution in [0.4, 0.5) is 13.2 Å². The van der Waals surface area contributed by atoms with E-state index in [1.807, 2.05) is 45.0 Å². The number of amides is 2. The van der Waals surface area contributed by atoms with Crippen LogP contribution >= 0.6 is 0 Å². The van der Waals surface area contributed by atoms with Gasteiger partial charge in [-0.05, 0) is 39.2 Å². The van der Waals surface area contributed by atoms with Crippen LogP contribution in [0.15, 0.2) is 24.3 Å². The molecule has 5 nitrogen and oxygen atoms in total. The van der Waals surface area contributed by atoms with Crippen LogP contribution in [-0.4, -0.2) is 59.1 Å². The van der Waals surface area contributed by atoms with Crippen LogP contribution in [-0.2, 0) is 14.3 Å². The second kappa shape index (κ2) is 7.39. The van der Waals surface area contributed by atoms with E-state index in [1.54, 1.807) is 4.90 Å². The van der Waals surface area contributed by atoms with Crippen LogP contribution < -0.4 is 0 Å². The Bertz CT molecular complexity index is 746. The largest absolute Gasteiger partial charge is 0.471 e. The lowest BCUT2D eigenvalue weighted by Gasteiger charge is -2.47. The zero-order chi connectivity index (χ0) is 20.7. The predicted molar refractivity (Wildman–Crippen MR) is 96.5 cm³/mol. The summed E-state index contributed by atoms with van der Waals surface area (Å²) in [4.78, 5) is 27.2. The van der Waals surface area contributed by atoms with Crippen LogP contribution in [0, 0.1) is 6.92 Å². The molecule has 0 spiro atoms. The second-order valence-corrected chi connectivity index (χ2v) is 8.13. The van der Waals surface area contributed by atoms with Gasteiger partial charge in [0.1, 0.15) is 12.1 Å². The smallest absolute Gasteiger partial charge is 0.369 e. The minimum Gasteiger partial charge on any atom is -0.369 e. The lowest BCUT2D eigenvalue weighted by Crippen LogP contribution is -2.61. The average molecular weight is 398 g/mol. The molecule has 3 rings (SSSR count). The van der Waals surface area contributed by atoms with Gasteiger partial charge >= 0.3 is 12.1 Å². The zero-order valence-electron chi connectivity index (χ0n) is 16.3. The van der Waals surface area contributed by atoms with Gasteiger partial charge in [0.2, 0.25) is 5.91 Å². The number of likely N-dealkylation sites (tertiary alicyclic amines) is 1. The van der Waals surface area contributed by atoms with E-state index >= 15 is 0 Å². The summed E-state index contributed by atoms with van der Waals surface area (Å²) >= 11 is 0. The number of aryl methyl sites for hydroxylation is 1. The molecular formula is C20H25F3N2O3. The van der Waals surface area contributed by atoms with Crippen molar-refractivity contribution >= 4 is 11.8 Å². The second-order valence-electron chi connectivity index (χ2n) is 8.13. The predicted octanol–water partition coefficient (Wildman–Crippen LogP) is 3.23. The molecule has 0 N–H and O–H groups in total. The van der Waals surface area contributed by atoms with Crippen LogP contribution in [0.2, 0.25) is 0 Å². The van der Waals surface area contributed by atoms with Gasteiger partial charge in [0.15, 0.2) is 0 Å². The van der Waals surface area contributed by atoms with Crippen molar-refractivity contribution < 1.29 is 27.5 Å². The summed E-state index contributed by atoms with van der Waals surface area (Å²) in [6, 6.07) is 6.67. The van der Waals surface area contributed by atoms with E-state index in [0.29, 0.717) is 11.3 Å². The molecule has 2 aliphatic rings. The molecule has 0 aromatic heterocycles. The number of morpholine rings is 1. The standard InChI is InChI=1S/C20H25F3N2O3/c1-13-6-8-14(9-7-13)16-11-25(19(2,3)12-28-16)17(26)15-5-4-10-24(15)18(27)20(21,22)23/h6-9,15-16H,4-5,10-12H2,1-3H3. The fourth-order valence-corrected chi connectivity index (χ4v) is 3.83. The Kier molecular flexibility index (Phi) is 5.44. The van der Waals surface area contributed by atoms with Gasteiger partial charge in [-0.15, -0.1) is 0 Å². The van der Waals surface area contributed by atoms with Crippen molar-refractivity contribution in [1.82, 2.24) is 9.80 Å². The Morgan fingerprint density at radius 3 is 2.43 bits per heavy atom. The van der Waals surface area contributed by atoms with Gasteiger partial charge in [-0.2, -0.15) is 13.2 Å². The third-order valence-electron chi connectivity index (χ3n) is 5.47. The summed E-state index contributed by atoms with van der Waals surface area (Å²) in [5.74, 6) is -2.38. The summed E-state index contributed by atoms with van der Waals surface area (Å²) in [7, 11) is 0. The summed E-state index contributed by atoms with van der Waals surface area (Å²) in [6.45, 7) is 6.05. The Morgan fingerprint density at radius 2 is 1.82 bits per heavy atom. The molecule has 2 heterocycles. The van der Waals surface area contributed by atoms with E-state index in [1.165, 1.54) is 0 Å². The highest BCUT2D eigenvalue weighted by atomic mass is 19.4. The van der Waals surface area contributed by atoms with Crippen LogP contribution in [0.25, 0.3) is 0 Å². The Hall–Kier alpha value is -2.09. The molecule has 154 valence electrons. The van der Waals surface area contributed by atoms with E-state index in [-0.39, 0.29) is 32.2 Å². The monoisotopic (exact) mass is 398 g/mol. The van der Waals surface area contributed by atoms with Crippen molar-refractivity contribution in [3.63, 3.8) is 0 Å². The molecule has 2 fully saturated rings. The minimum absolute atomic E-state index is 0.0547. The van der Waals surface area contributed by atoms with Gasteiger partial charge in [-0.1, -0.05) is 29.8 Å². The fourth-order valence-electron chi connectivity index (χ4n) is 3.83. The zero-order valence-corrected chi connectivity index (χ0v) is 16.3. The highest BCUT2D eigenvalue weighted by Crippen LogP contribution is 2.34. The number of hydrogen-bond acceptors (Lipinski definition) is 3. The summed E-state index contributed by atoms with van der Waals surface area (Å²) in [6.07, 6.45) is -4.72. The van der Waals surface area contributed by atoms with Gasteiger partial charge in [0.05, 0.1) is 18.7 Å². The van der Waals surface area contributed by atoms with Crippen molar-refractivity contribution in [2.24, 2.45) is 0 Å².